The number of rotatable bonds is 2. The number of anilines is 1. The molecule has 2 heterocycles. The molecule has 0 spiro atoms. The standard InChI is InChI=1S/C10H12N4OS/c1-6-5-16-10(11-6)12-9(15)8-4-14(3)13-7(8)2/h4-5H,1-3H3,(H,11,12,15). The molecule has 2 aromatic rings. The van der Waals surface area contributed by atoms with Gasteiger partial charge in [-0.25, -0.2) is 4.98 Å². The van der Waals surface area contributed by atoms with Crippen molar-refractivity contribution in [1.29, 1.82) is 0 Å². The lowest BCUT2D eigenvalue weighted by atomic mass is 10.2. The molecule has 0 saturated carbocycles. The summed E-state index contributed by atoms with van der Waals surface area (Å²) in [6.07, 6.45) is 1.70. The molecule has 1 amide bonds. The third-order valence-electron chi connectivity index (χ3n) is 2.10. The largest absolute Gasteiger partial charge is 0.298 e. The average Bonchev–Trinajstić information content (AvgIpc) is 2.73. The highest BCUT2D eigenvalue weighted by atomic mass is 32.1. The van der Waals surface area contributed by atoms with E-state index in [0.29, 0.717) is 16.4 Å². The number of carbonyl (C=O) groups excluding carboxylic acids is 1. The fourth-order valence-electron chi connectivity index (χ4n) is 1.40. The van der Waals surface area contributed by atoms with E-state index in [4.69, 9.17) is 0 Å². The molecule has 0 bridgehead atoms. The van der Waals surface area contributed by atoms with E-state index in [1.54, 1.807) is 17.9 Å². The third kappa shape index (κ3) is 2.11. The monoisotopic (exact) mass is 236 g/mol. The lowest BCUT2D eigenvalue weighted by Crippen LogP contribution is -2.12. The molecule has 84 valence electrons. The lowest BCUT2D eigenvalue weighted by Gasteiger charge is -1.98. The molecule has 0 fully saturated rings. The van der Waals surface area contributed by atoms with Crippen molar-refractivity contribution < 1.29 is 4.79 Å². The highest BCUT2D eigenvalue weighted by Crippen LogP contribution is 2.16. The smallest absolute Gasteiger partial charge is 0.260 e. The van der Waals surface area contributed by atoms with Crippen molar-refractivity contribution >= 4 is 22.4 Å². The van der Waals surface area contributed by atoms with E-state index in [9.17, 15) is 4.79 Å². The normalized spacial score (nSPS) is 10.4. The van der Waals surface area contributed by atoms with Crippen LogP contribution in [0.1, 0.15) is 21.7 Å². The van der Waals surface area contributed by atoms with Crippen LogP contribution in [0, 0.1) is 13.8 Å². The van der Waals surface area contributed by atoms with Crippen LogP contribution in [-0.2, 0) is 7.05 Å². The zero-order valence-electron chi connectivity index (χ0n) is 9.31. The van der Waals surface area contributed by atoms with Crippen LogP contribution in [0.4, 0.5) is 5.13 Å². The van der Waals surface area contributed by atoms with Gasteiger partial charge in [-0.15, -0.1) is 11.3 Å². The van der Waals surface area contributed by atoms with Crippen molar-refractivity contribution in [1.82, 2.24) is 14.8 Å². The number of amides is 1. The fourth-order valence-corrected chi connectivity index (χ4v) is 2.08. The van der Waals surface area contributed by atoms with Gasteiger partial charge in [0, 0.05) is 18.6 Å². The first-order chi connectivity index (χ1) is 7.56. The van der Waals surface area contributed by atoms with Crippen molar-refractivity contribution in [3.05, 3.63) is 28.5 Å². The molecule has 0 aliphatic carbocycles. The quantitative estimate of drug-likeness (QED) is 0.864. The molecule has 0 atom stereocenters. The molecule has 0 unspecified atom stereocenters. The summed E-state index contributed by atoms with van der Waals surface area (Å²) in [4.78, 5) is 16.0. The van der Waals surface area contributed by atoms with E-state index in [2.05, 4.69) is 15.4 Å². The van der Waals surface area contributed by atoms with E-state index < -0.39 is 0 Å². The van der Waals surface area contributed by atoms with Crippen LogP contribution < -0.4 is 5.32 Å². The Labute approximate surface area is 97.1 Å². The van der Waals surface area contributed by atoms with Crippen LogP contribution >= 0.6 is 11.3 Å². The van der Waals surface area contributed by atoms with Crippen molar-refractivity contribution in [2.24, 2.45) is 7.05 Å². The molecule has 0 aliphatic heterocycles. The zero-order chi connectivity index (χ0) is 11.7. The van der Waals surface area contributed by atoms with Gasteiger partial charge in [0.25, 0.3) is 5.91 Å². The van der Waals surface area contributed by atoms with E-state index in [0.717, 1.165) is 5.69 Å². The zero-order valence-corrected chi connectivity index (χ0v) is 10.1. The minimum absolute atomic E-state index is 0.167. The molecule has 0 saturated heterocycles. The summed E-state index contributed by atoms with van der Waals surface area (Å²) in [6.45, 7) is 3.70. The topological polar surface area (TPSA) is 59.8 Å². The second-order valence-electron chi connectivity index (χ2n) is 3.55. The molecular formula is C10H12N4OS. The van der Waals surface area contributed by atoms with Crippen LogP contribution in [-0.4, -0.2) is 20.7 Å². The molecule has 1 N–H and O–H groups in total. The van der Waals surface area contributed by atoms with Crippen molar-refractivity contribution in [2.75, 3.05) is 5.32 Å². The van der Waals surface area contributed by atoms with Crippen LogP contribution in [0.5, 0.6) is 0 Å². The van der Waals surface area contributed by atoms with Gasteiger partial charge in [-0.05, 0) is 13.8 Å². The molecular weight excluding hydrogens is 224 g/mol. The summed E-state index contributed by atoms with van der Waals surface area (Å²) in [5.41, 5.74) is 2.20. The number of nitrogens with zero attached hydrogens (tertiary/aromatic N) is 3. The Balaban J connectivity index is 2.17. The van der Waals surface area contributed by atoms with Gasteiger partial charge in [0.15, 0.2) is 5.13 Å². The lowest BCUT2D eigenvalue weighted by molar-refractivity contribution is 0.102. The van der Waals surface area contributed by atoms with Gasteiger partial charge in [-0.1, -0.05) is 0 Å². The second-order valence-corrected chi connectivity index (χ2v) is 4.41. The van der Waals surface area contributed by atoms with Gasteiger partial charge in [-0.3, -0.25) is 14.8 Å². The Bertz CT molecular complexity index is 529. The van der Waals surface area contributed by atoms with Crippen LogP contribution in [0.3, 0.4) is 0 Å². The van der Waals surface area contributed by atoms with Gasteiger partial charge < -0.3 is 0 Å². The highest BCUT2D eigenvalue weighted by Gasteiger charge is 2.13. The highest BCUT2D eigenvalue weighted by molar-refractivity contribution is 7.13. The predicted molar refractivity (Wildman–Crippen MR) is 62.7 cm³/mol. The van der Waals surface area contributed by atoms with E-state index in [1.807, 2.05) is 19.2 Å². The summed E-state index contributed by atoms with van der Waals surface area (Å²) in [5, 5.41) is 9.38. The third-order valence-corrected chi connectivity index (χ3v) is 2.97. The first-order valence-electron chi connectivity index (χ1n) is 4.80. The van der Waals surface area contributed by atoms with Gasteiger partial charge in [-0.2, -0.15) is 5.10 Å². The molecule has 2 rings (SSSR count). The summed E-state index contributed by atoms with van der Waals surface area (Å²) >= 11 is 1.41. The first kappa shape index (κ1) is 10.8. The van der Waals surface area contributed by atoms with Gasteiger partial charge in [0.1, 0.15) is 0 Å². The summed E-state index contributed by atoms with van der Waals surface area (Å²) < 4.78 is 1.62. The van der Waals surface area contributed by atoms with E-state index >= 15 is 0 Å². The van der Waals surface area contributed by atoms with Crippen LogP contribution in [0.15, 0.2) is 11.6 Å². The number of hydrogen-bond acceptors (Lipinski definition) is 4. The van der Waals surface area contributed by atoms with Crippen molar-refractivity contribution in [3.63, 3.8) is 0 Å². The number of aromatic nitrogens is 3. The maximum atomic E-state index is 11.9. The van der Waals surface area contributed by atoms with Gasteiger partial charge in [0.05, 0.1) is 17.0 Å². The maximum Gasteiger partial charge on any atom is 0.260 e. The average molecular weight is 236 g/mol. The minimum Gasteiger partial charge on any atom is -0.298 e. The molecule has 6 heteroatoms. The first-order valence-corrected chi connectivity index (χ1v) is 5.68. The Kier molecular flexibility index (Phi) is 2.74. The number of hydrogen-bond donors (Lipinski definition) is 1. The molecule has 2 aromatic heterocycles. The molecule has 0 aliphatic rings. The van der Waals surface area contributed by atoms with Gasteiger partial charge >= 0.3 is 0 Å². The van der Waals surface area contributed by atoms with E-state index in [1.165, 1.54) is 11.3 Å². The molecule has 0 radical (unpaired) electrons. The number of aryl methyl sites for hydroxylation is 3. The number of carbonyl (C=O) groups is 1. The van der Waals surface area contributed by atoms with Gasteiger partial charge in [0.2, 0.25) is 0 Å². The molecule has 5 nitrogen and oxygen atoms in total. The Morgan fingerprint density at radius 3 is 2.75 bits per heavy atom. The maximum absolute atomic E-state index is 11.9. The summed E-state index contributed by atoms with van der Waals surface area (Å²) in [5.74, 6) is -0.167. The van der Waals surface area contributed by atoms with Crippen LogP contribution in [0.2, 0.25) is 0 Å². The Morgan fingerprint density at radius 1 is 1.50 bits per heavy atom. The fraction of sp³-hybridized carbons (Fsp3) is 0.300. The SMILES string of the molecule is Cc1csc(NC(=O)c2cn(C)nc2C)n1. The number of nitrogens with one attached hydrogen (secondary N) is 1. The molecule has 0 aromatic carbocycles. The number of thiazole rings is 1. The van der Waals surface area contributed by atoms with E-state index in [-0.39, 0.29) is 5.91 Å². The Morgan fingerprint density at radius 2 is 2.25 bits per heavy atom. The summed E-state index contributed by atoms with van der Waals surface area (Å²) in [6, 6.07) is 0. The van der Waals surface area contributed by atoms with Crippen LogP contribution in [0.25, 0.3) is 0 Å². The minimum atomic E-state index is -0.167. The molecule has 16 heavy (non-hydrogen) atoms. The second kappa shape index (κ2) is 4.05. The van der Waals surface area contributed by atoms with Crippen molar-refractivity contribution in [3.8, 4) is 0 Å². The summed E-state index contributed by atoms with van der Waals surface area (Å²) in [7, 11) is 1.79. The Hall–Kier alpha value is -1.69. The predicted octanol–water partition coefficient (Wildman–Crippen LogP) is 1.75. The van der Waals surface area contributed by atoms with Crippen molar-refractivity contribution in [2.45, 2.75) is 13.8 Å².